The van der Waals surface area contributed by atoms with Gasteiger partial charge in [0.25, 0.3) is 0 Å². The molecule has 0 spiro atoms. The Bertz CT molecular complexity index is 147. The molecule has 72 valence electrons. The molecule has 0 aromatic carbocycles. The summed E-state index contributed by atoms with van der Waals surface area (Å²) >= 11 is 0. The maximum Gasteiger partial charge on any atom is 0.406 e. The molecule has 12 heavy (non-hydrogen) atoms. The van der Waals surface area contributed by atoms with Crippen molar-refractivity contribution >= 4 is 14.5 Å². The highest BCUT2D eigenvalue weighted by Crippen LogP contribution is 2.11. The number of rotatable bonds is 4. The number of hydrogen-bond donors (Lipinski definition) is 1. The standard InChI is InChI=1S/C7H16FNO2Si/c1-11-7(10)9-5-4-6-12(2,3)8/h4-6H2,1-3H3,(H,9,10). The number of hydrogen-bond acceptors (Lipinski definition) is 2. The average molecular weight is 193 g/mol. The zero-order valence-electron chi connectivity index (χ0n) is 7.82. The summed E-state index contributed by atoms with van der Waals surface area (Å²) in [6.07, 6.45) is 0.235. The van der Waals surface area contributed by atoms with Crippen LogP contribution in [0.5, 0.6) is 0 Å². The molecule has 0 heterocycles. The molecular weight excluding hydrogens is 177 g/mol. The van der Waals surface area contributed by atoms with Gasteiger partial charge in [-0.15, -0.1) is 0 Å². The normalized spacial score (nSPS) is 11.0. The minimum Gasteiger partial charge on any atom is -0.453 e. The molecule has 0 unspecified atom stereocenters. The van der Waals surface area contributed by atoms with Gasteiger partial charge in [0.1, 0.15) is 0 Å². The highest BCUT2D eigenvalue weighted by atomic mass is 28.4. The minimum atomic E-state index is -2.43. The first kappa shape index (κ1) is 11.4. The summed E-state index contributed by atoms with van der Waals surface area (Å²) in [5.41, 5.74) is 0. The van der Waals surface area contributed by atoms with Crippen LogP contribution in [-0.4, -0.2) is 28.2 Å². The number of nitrogens with one attached hydrogen (secondary N) is 1. The summed E-state index contributed by atoms with van der Waals surface area (Å²) in [5, 5.41) is 2.50. The maximum atomic E-state index is 13.0. The second-order valence-electron chi connectivity index (χ2n) is 3.24. The van der Waals surface area contributed by atoms with Gasteiger partial charge in [0, 0.05) is 6.54 Å². The largest absolute Gasteiger partial charge is 0.453 e. The molecule has 0 saturated carbocycles. The van der Waals surface area contributed by atoms with Gasteiger partial charge in [0.2, 0.25) is 8.41 Å². The van der Waals surface area contributed by atoms with E-state index in [1.54, 1.807) is 13.1 Å². The lowest BCUT2D eigenvalue weighted by atomic mass is 10.5. The monoisotopic (exact) mass is 193 g/mol. The Labute approximate surface area is 73.5 Å². The van der Waals surface area contributed by atoms with Crippen molar-refractivity contribution in [2.24, 2.45) is 0 Å². The van der Waals surface area contributed by atoms with Gasteiger partial charge < -0.3 is 14.2 Å². The van der Waals surface area contributed by atoms with Crippen LogP contribution in [-0.2, 0) is 4.74 Å². The Morgan fingerprint density at radius 2 is 2.17 bits per heavy atom. The Morgan fingerprint density at radius 3 is 2.58 bits per heavy atom. The Hall–Kier alpha value is -0.583. The first-order chi connectivity index (χ1) is 5.45. The predicted octanol–water partition coefficient (Wildman–Crippen LogP) is 1.91. The average Bonchev–Trinajstić information content (AvgIpc) is 1.96. The molecule has 5 heteroatoms. The topological polar surface area (TPSA) is 38.3 Å². The van der Waals surface area contributed by atoms with Crippen LogP contribution in [0.15, 0.2) is 0 Å². The molecule has 1 N–H and O–H groups in total. The van der Waals surface area contributed by atoms with Gasteiger partial charge in [0.15, 0.2) is 0 Å². The number of carbonyl (C=O) groups excluding carboxylic acids is 1. The lowest BCUT2D eigenvalue weighted by Crippen LogP contribution is -2.26. The van der Waals surface area contributed by atoms with Gasteiger partial charge >= 0.3 is 6.09 Å². The van der Waals surface area contributed by atoms with E-state index in [-0.39, 0.29) is 0 Å². The van der Waals surface area contributed by atoms with Gasteiger partial charge in [-0.2, -0.15) is 0 Å². The highest BCUT2D eigenvalue weighted by Gasteiger charge is 2.18. The van der Waals surface area contributed by atoms with Crippen molar-refractivity contribution in [1.82, 2.24) is 5.32 Å². The smallest absolute Gasteiger partial charge is 0.406 e. The zero-order valence-corrected chi connectivity index (χ0v) is 8.82. The Morgan fingerprint density at radius 1 is 1.58 bits per heavy atom. The van der Waals surface area contributed by atoms with Gasteiger partial charge in [-0.25, -0.2) is 4.79 Å². The summed E-state index contributed by atoms with van der Waals surface area (Å²) in [4.78, 5) is 10.5. The quantitative estimate of drug-likeness (QED) is 0.421. The number of alkyl carbamates (subject to hydrolysis) is 1. The van der Waals surface area contributed by atoms with Crippen molar-refractivity contribution < 1.29 is 13.6 Å². The molecule has 0 aliphatic rings. The number of ether oxygens (including phenoxy) is 1. The van der Waals surface area contributed by atoms with E-state index in [0.29, 0.717) is 19.0 Å². The van der Waals surface area contributed by atoms with Gasteiger partial charge in [-0.05, 0) is 25.6 Å². The predicted molar refractivity (Wildman–Crippen MR) is 48.4 cm³/mol. The number of halogens is 1. The summed E-state index contributed by atoms with van der Waals surface area (Å²) in [7, 11) is -1.12. The molecule has 0 aliphatic heterocycles. The minimum absolute atomic E-state index is 0.451. The summed E-state index contributed by atoms with van der Waals surface area (Å²) in [5.74, 6) is 0. The van der Waals surface area contributed by atoms with Crippen LogP contribution in [0.2, 0.25) is 19.1 Å². The fourth-order valence-corrected chi connectivity index (χ4v) is 1.79. The van der Waals surface area contributed by atoms with Crippen LogP contribution < -0.4 is 5.32 Å². The van der Waals surface area contributed by atoms with E-state index < -0.39 is 14.5 Å². The molecule has 0 aromatic heterocycles. The molecule has 0 aliphatic carbocycles. The van der Waals surface area contributed by atoms with Crippen LogP contribution in [0.25, 0.3) is 0 Å². The molecule has 0 rings (SSSR count). The SMILES string of the molecule is COC(=O)NCCC[Si](C)(C)F. The van der Waals surface area contributed by atoms with Crippen LogP contribution >= 0.6 is 0 Å². The Balaban J connectivity index is 3.28. The van der Waals surface area contributed by atoms with Gasteiger partial charge in [-0.3, -0.25) is 0 Å². The van der Waals surface area contributed by atoms with Crippen LogP contribution in [0.1, 0.15) is 6.42 Å². The van der Waals surface area contributed by atoms with Crippen molar-refractivity contribution in [3.63, 3.8) is 0 Å². The highest BCUT2D eigenvalue weighted by molar-refractivity contribution is 6.70. The molecule has 3 nitrogen and oxygen atoms in total. The second kappa shape index (κ2) is 5.13. The van der Waals surface area contributed by atoms with E-state index in [4.69, 9.17) is 0 Å². The lowest BCUT2D eigenvalue weighted by molar-refractivity contribution is 0.171. The molecule has 0 aromatic rings. The summed E-state index contributed by atoms with van der Waals surface area (Å²) in [6.45, 7) is 3.81. The van der Waals surface area contributed by atoms with Crippen molar-refractivity contribution in [2.75, 3.05) is 13.7 Å². The fourth-order valence-electron chi connectivity index (χ4n) is 0.771. The molecule has 0 atom stereocenters. The number of methoxy groups -OCH3 is 1. The first-order valence-electron chi connectivity index (χ1n) is 3.96. The van der Waals surface area contributed by atoms with E-state index in [0.717, 1.165) is 0 Å². The summed E-state index contributed by atoms with van der Waals surface area (Å²) in [6, 6.07) is 0.580. The van der Waals surface area contributed by atoms with Crippen molar-refractivity contribution in [2.45, 2.75) is 25.6 Å². The number of carbonyl (C=O) groups is 1. The van der Waals surface area contributed by atoms with E-state index in [9.17, 15) is 8.90 Å². The first-order valence-corrected chi connectivity index (χ1v) is 7.05. The van der Waals surface area contributed by atoms with E-state index >= 15 is 0 Å². The van der Waals surface area contributed by atoms with E-state index in [2.05, 4.69) is 10.1 Å². The van der Waals surface area contributed by atoms with Crippen LogP contribution in [0, 0.1) is 0 Å². The second-order valence-corrected chi connectivity index (χ2v) is 7.18. The van der Waals surface area contributed by atoms with Crippen LogP contribution in [0.4, 0.5) is 8.90 Å². The fraction of sp³-hybridized carbons (Fsp3) is 0.857. The van der Waals surface area contributed by atoms with Gasteiger partial charge in [0.05, 0.1) is 7.11 Å². The molecule has 0 bridgehead atoms. The number of amides is 1. The van der Waals surface area contributed by atoms with E-state index in [1.165, 1.54) is 7.11 Å². The van der Waals surface area contributed by atoms with E-state index in [1.807, 2.05) is 0 Å². The van der Waals surface area contributed by atoms with Gasteiger partial charge in [-0.1, -0.05) is 0 Å². The third kappa shape index (κ3) is 7.52. The maximum absolute atomic E-state index is 13.0. The van der Waals surface area contributed by atoms with Crippen molar-refractivity contribution in [3.8, 4) is 0 Å². The third-order valence-electron chi connectivity index (χ3n) is 1.40. The van der Waals surface area contributed by atoms with Crippen molar-refractivity contribution in [1.29, 1.82) is 0 Å². The lowest BCUT2D eigenvalue weighted by Gasteiger charge is -2.10. The summed E-state index contributed by atoms with van der Waals surface area (Å²) < 4.78 is 17.3. The van der Waals surface area contributed by atoms with Crippen LogP contribution in [0.3, 0.4) is 0 Å². The third-order valence-corrected chi connectivity index (χ3v) is 2.95. The molecule has 0 radical (unpaired) electrons. The molecular formula is C7H16FNO2Si. The molecule has 1 amide bonds. The van der Waals surface area contributed by atoms with Crippen molar-refractivity contribution in [3.05, 3.63) is 0 Å². The Kier molecular flexibility index (Phi) is 4.88. The molecule has 0 fully saturated rings. The molecule has 0 saturated heterocycles. The zero-order chi connectivity index (χ0) is 9.61.